The van der Waals surface area contributed by atoms with Gasteiger partial charge in [0, 0.05) is 19.3 Å². The monoisotopic (exact) mass is 905 g/mol. The first-order chi connectivity index (χ1) is 31.5. The first-order valence-corrected chi connectivity index (χ1v) is 29.0. The summed E-state index contributed by atoms with van der Waals surface area (Å²) < 4.78 is 16.9. The number of carbonyl (C=O) groups is 3. The van der Waals surface area contributed by atoms with Gasteiger partial charge in [-0.3, -0.25) is 14.4 Å². The fraction of sp³-hybridized carbons (Fsp3) is 0.948. The molecule has 0 aromatic heterocycles. The van der Waals surface area contributed by atoms with Crippen LogP contribution in [-0.2, 0) is 28.6 Å². The number of unbranched alkanes of at least 4 members (excludes halogenated alkanes) is 43. The van der Waals surface area contributed by atoms with E-state index in [0.29, 0.717) is 19.3 Å². The minimum atomic E-state index is -0.760. The standard InChI is InChI=1S/C58H112O6/c1-4-7-10-13-16-19-22-24-26-28-29-30-31-33-34-36-39-42-45-48-51-57(60)63-54-55(53-62-56(59)50-47-44-41-38-21-18-15-12-9-6-3)64-58(61)52-49-46-43-40-37-35-32-27-25-23-20-17-14-11-8-5-2/h55H,4-54H2,1-3H3. The molecule has 380 valence electrons. The summed E-state index contributed by atoms with van der Waals surface area (Å²) in [6.45, 7) is 6.69. The molecule has 0 spiro atoms. The van der Waals surface area contributed by atoms with E-state index >= 15 is 0 Å². The molecule has 0 saturated heterocycles. The Kier molecular flexibility index (Phi) is 52.7. The van der Waals surface area contributed by atoms with Crippen LogP contribution in [-0.4, -0.2) is 37.2 Å². The minimum absolute atomic E-state index is 0.0612. The summed E-state index contributed by atoms with van der Waals surface area (Å²) in [6.07, 6.45) is 59.6. The van der Waals surface area contributed by atoms with Crippen LogP contribution in [0.2, 0.25) is 0 Å². The molecular formula is C58H112O6. The zero-order valence-electron chi connectivity index (χ0n) is 43.6. The second kappa shape index (κ2) is 54.0. The Morgan fingerprint density at radius 1 is 0.250 bits per heavy atom. The molecule has 0 aliphatic heterocycles. The van der Waals surface area contributed by atoms with Crippen molar-refractivity contribution in [2.24, 2.45) is 0 Å². The molecule has 0 saturated carbocycles. The van der Waals surface area contributed by atoms with E-state index in [1.165, 1.54) is 238 Å². The summed E-state index contributed by atoms with van der Waals surface area (Å²) >= 11 is 0. The van der Waals surface area contributed by atoms with Gasteiger partial charge in [-0.05, 0) is 19.3 Å². The molecule has 6 heteroatoms. The van der Waals surface area contributed by atoms with Gasteiger partial charge >= 0.3 is 17.9 Å². The largest absolute Gasteiger partial charge is 0.462 e. The van der Waals surface area contributed by atoms with Crippen LogP contribution in [0.3, 0.4) is 0 Å². The Hall–Kier alpha value is -1.59. The van der Waals surface area contributed by atoms with Crippen molar-refractivity contribution in [2.45, 2.75) is 341 Å². The van der Waals surface area contributed by atoms with E-state index in [1.54, 1.807) is 0 Å². The van der Waals surface area contributed by atoms with E-state index in [0.717, 1.165) is 57.8 Å². The van der Waals surface area contributed by atoms with Crippen molar-refractivity contribution < 1.29 is 28.6 Å². The lowest BCUT2D eigenvalue weighted by molar-refractivity contribution is -0.167. The molecule has 0 aromatic carbocycles. The third-order valence-corrected chi connectivity index (χ3v) is 13.4. The highest BCUT2D eigenvalue weighted by Crippen LogP contribution is 2.18. The normalized spacial score (nSPS) is 11.9. The smallest absolute Gasteiger partial charge is 0.306 e. The van der Waals surface area contributed by atoms with E-state index in [4.69, 9.17) is 14.2 Å². The number of hydrogen-bond acceptors (Lipinski definition) is 6. The van der Waals surface area contributed by atoms with Gasteiger partial charge in [0.15, 0.2) is 6.10 Å². The molecule has 0 rings (SSSR count). The SMILES string of the molecule is CCCCCCCCCCCCCCCCCCCCCCC(=O)OCC(COC(=O)CCCCCCCCCCCC)OC(=O)CCCCCCCCCCCCCCCCCC. The molecule has 1 unspecified atom stereocenters. The number of hydrogen-bond donors (Lipinski definition) is 0. The van der Waals surface area contributed by atoms with Crippen LogP contribution >= 0.6 is 0 Å². The predicted octanol–water partition coefficient (Wildman–Crippen LogP) is 19.2. The third kappa shape index (κ3) is 51.4. The van der Waals surface area contributed by atoms with Crippen LogP contribution in [0.25, 0.3) is 0 Å². The van der Waals surface area contributed by atoms with Crippen LogP contribution in [0, 0.1) is 0 Å². The highest BCUT2D eigenvalue weighted by atomic mass is 16.6. The van der Waals surface area contributed by atoms with Gasteiger partial charge in [-0.25, -0.2) is 0 Å². The molecule has 0 aliphatic rings. The van der Waals surface area contributed by atoms with Gasteiger partial charge in [0.25, 0.3) is 0 Å². The molecule has 1 atom stereocenters. The zero-order valence-corrected chi connectivity index (χ0v) is 43.6. The molecule has 0 aliphatic carbocycles. The molecule has 64 heavy (non-hydrogen) atoms. The summed E-state index contributed by atoms with van der Waals surface area (Å²) in [5.74, 6) is -0.835. The molecule has 0 fully saturated rings. The van der Waals surface area contributed by atoms with Gasteiger partial charge in [-0.15, -0.1) is 0 Å². The number of ether oxygens (including phenoxy) is 3. The molecule has 0 N–H and O–H groups in total. The van der Waals surface area contributed by atoms with Crippen molar-refractivity contribution >= 4 is 17.9 Å². The Morgan fingerprint density at radius 3 is 0.625 bits per heavy atom. The fourth-order valence-corrected chi connectivity index (χ4v) is 8.98. The van der Waals surface area contributed by atoms with E-state index < -0.39 is 6.10 Å². The molecule has 0 amide bonds. The summed E-state index contributed by atoms with van der Waals surface area (Å²) in [5.41, 5.74) is 0. The van der Waals surface area contributed by atoms with E-state index in [2.05, 4.69) is 20.8 Å². The van der Waals surface area contributed by atoms with Crippen LogP contribution in [0.15, 0.2) is 0 Å². The lowest BCUT2D eigenvalue weighted by atomic mass is 10.0. The summed E-state index contributed by atoms with van der Waals surface area (Å²) in [5, 5.41) is 0. The van der Waals surface area contributed by atoms with Crippen LogP contribution in [0.1, 0.15) is 335 Å². The van der Waals surface area contributed by atoms with E-state index in [1.807, 2.05) is 0 Å². The number of esters is 3. The van der Waals surface area contributed by atoms with Crippen molar-refractivity contribution in [3.63, 3.8) is 0 Å². The van der Waals surface area contributed by atoms with Gasteiger partial charge in [0.1, 0.15) is 13.2 Å². The van der Waals surface area contributed by atoms with Gasteiger partial charge in [0.05, 0.1) is 0 Å². The number of carbonyl (C=O) groups excluding carboxylic acids is 3. The quantitative estimate of drug-likeness (QED) is 0.0344. The van der Waals surface area contributed by atoms with Crippen molar-refractivity contribution in [3.05, 3.63) is 0 Å². The molecule has 0 heterocycles. The summed E-state index contributed by atoms with van der Waals surface area (Å²) in [4.78, 5) is 38.0. The van der Waals surface area contributed by atoms with Crippen LogP contribution in [0.4, 0.5) is 0 Å². The minimum Gasteiger partial charge on any atom is -0.462 e. The van der Waals surface area contributed by atoms with Crippen molar-refractivity contribution in [2.75, 3.05) is 13.2 Å². The second-order valence-electron chi connectivity index (χ2n) is 19.9. The van der Waals surface area contributed by atoms with Gasteiger partial charge in [-0.1, -0.05) is 297 Å². The maximum absolute atomic E-state index is 12.8. The molecule has 0 aromatic rings. The second-order valence-corrected chi connectivity index (χ2v) is 19.9. The Morgan fingerprint density at radius 2 is 0.422 bits per heavy atom. The fourth-order valence-electron chi connectivity index (χ4n) is 8.98. The number of rotatable bonds is 54. The average Bonchev–Trinajstić information content (AvgIpc) is 3.29. The first-order valence-electron chi connectivity index (χ1n) is 29.0. The topological polar surface area (TPSA) is 78.9 Å². The Balaban J connectivity index is 4.21. The Bertz CT molecular complexity index is 951. The molecular weight excluding hydrogens is 793 g/mol. The van der Waals surface area contributed by atoms with Crippen molar-refractivity contribution in [1.82, 2.24) is 0 Å². The van der Waals surface area contributed by atoms with Gasteiger partial charge < -0.3 is 14.2 Å². The summed E-state index contributed by atoms with van der Waals surface area (Å²) in [6, 6.07) is 0. The van der Waals surface area contributed by atoms with Crippen LogP contribution in [0.5, 0.6) is 0 Å². The lowest BCUT2D eigenvalue weighted by Gasteiger charge is -2.18. The first kappa shape index (κ1) is 62.4. The van der Waals surface area contributed by atoms with E-state index in [-0.39, 0.29) is 31.1 Å². The molecule has 0 radical (unpaired) electrons. The van der Waals surface area contributed by atoms with Gasteiger partial charge in [0.2, 0.25) is 0 Å². The van der Waals surface area contributed by atoms with Crippen molar-refractivity contribution in [3.8, 4) is 0 Å². The predicted molar refractivity (Wildman–Crippen MR) is 275 cm³/mol. The molecule has 0 bridgehead atoms. The highest BCUT2D eigenvalue weighted by Gasteiger charge is 2.19. The van der Waals surface area contributed by atoms with E-state index in [9.17, 15) is 14.4 Å². The Labute approximate surface area is 399 Å². The summed E-state index contributed by atoms with van der Waals surface area (Å²) in [7, 11) is 0. The highest BCUT2D eigenvalue weighted by molar-refractivity contribution is 5.71. The average molecular weight is 906 g/mol. The van der Waals surface area contributed by atoms with Crippen molar-refractivity contribution in [1.29, 1.82) is 0 Å². The zero-order chi connectivity index (χ0) is 46.5. The maximum atomic E-state index is 12.8. The third-order valence-electron chi connectivity index (χ3n) is 13.4. The maximum Gasteiger partial charge on any atom is 0.306 e. The molecule has 6 nitrogen and oxygen atoms in total. The van der Waals surface area contributed by atoms with Gasteiger partial charge in [-0.2, -0.15) is 0 Å². The lowest BCUT2D eigenvalue weighted by Crippen LogP contribution is -2.30. The van der Waals surface area contributed by atoms with Crippen LogP contribution < -0.4 is 0 Å².